The third kappa shape index (κ3) is 5.24. The summed E-state index contributed by atoms with van der Waals surface area (Å²) in [5, 5.41) is 4.12. The summed E-state index contributed by atoms with van der Waals surface area (Å²) in [7, 11) is 1.72. The number of hydrogen-bond acceptors (Lipinski definition) is 6. The van der Waals surface area contributed by atoms with Gasteiger partial charge >= 0.3 is 0 Å². The summed E-state index contributed by atoms with van der Waals surface area (Å²) < 4.78 is 5.14. The smallest absolute Gasteiger partial charge is 0.191 e. The second-order valence-electron chi connectivity index (χ2n) is 4.10. The van der Waals surface area contributed by atoms with Gasteiger partial charge in [-0.3, -0.25) is 0 Å². The topological polar surface area (TPSA) is 50.3 Å². The fourth-order valence-electron chi connectivity index (χ4n) is 1.65. The maximum Gasteiger partial charge on any atom is 0.191 e. The van der Waals surface area contributed by atoms with Gasteiger partial charge in [0.25, 0.3) is 0 Å². The minimum atomic E-state index is 0.699. The van der Waals surface area contributed by atoms with Crippen molar-refractivity contribution >= 4 is 23.4 Å². The number of nitrogens with one attached hydrogen (secondary N) is 1. The van der Waals surface area contributed by atoms with Crippen molar-refractivity contribution in [2.24, 2.45) is 0 Å². The van der Waals surface area contributed by atoms with E-state index in [-0.39, 0.29) is 0 Å². The van der Waals surface area contributed by atoms with Gasteiger partial charge in [-0.25, -0.2) is 9.97 Å². The summed E-state index contributed by atoms with van der Waals surface area (Å²) in [6.07, 6.45) is 3.07. The monoisotopic (exact) mass is 284 g/mol. The Morgan fingerprint density at radius 3 is 2.74 bits per heavy atom. The molecule has 6 heteroatoms. The predicted octanol–water partition coefficient (Wildman–Crippen LogP) is 2.49. The quantitative estimate of drug-likeness (QED) is 0.555. The van der Waals surface area contributed by atoms with Crippen LogP contribution in [0.2, 0.25) is 0 Å². The van der Waals surface area contributed by atoms with E-state index in [9.17, 15) is 0 Å². The molecule has 0 radical (unpaired) electrons. The molecule has 0 bridgehead atoms. The molecule has 0 spiro atoms. The van der Waals surface area contributed by atoms with Crippen LogP contribution >= 0.6 is 11.8 Å². The van der Waals surface area contributed by atoms with Gasteiger partial charge in [-0.1, -0.05) is 18.7 Å². The first-order chi connectivity index (χ1) is 9.24. The van der Waals surface area contributed by atoms with Crippen LogP contribution in [0.15, 0.2) is 11.2 Å². The van der Waals surface area contributed by atoms with E-state index in [4.69, 9.17) is 4.74 Å². The first-order valence-electron chi connectivity index (χ1n) is 6.65. The largest absolute Gasteiger partial charge is 0.383 e. The van der Waals surface area contributed by atoms with Crippen LogP contribution in [0.3, 0.4) is 0 Å². The molecule has 1 rings (SSSR count). The molecule has 0 atom stereocenters. The summed E-state index contributed by atoms with van der Waals surface area (Å²) in [4.78, 5) is 11.2. The lowest BCUT2D eigenvalue weighted by Crippen LogP contribution is -2.28. The maximum absolute atomic E-state index is 5.14. The van der Waals surface area contributed by atoms with Gasteiger partial charge in [0.1, 0.15) is 11.6 Å². The molecule has 0 aliphatic carbocycles. The molecule has 1 aromatic rings. The van der Waals surface area contributed by atoms with E-state index in [1.54, 1.807) is 18.9 Å². The van der Waals surface area contributed by atoms with E-state index < -0.39 is 0 Å². The molecule has 0 unspecified atom stereocenters. The average Bonchev–Trinajstić information content (AvgIpc) is 2.45. The minimum absolute atomic E-state index is 0.699. The zero-order valence-corrected chi connectivity index (χ0v) is 13.1. The summed E-state index contributed by atoms with van der Waals surface area (Å²) in [6, 6.07) is 2.01. The highest BCUT2D eigenvalue weighted by molar-refractivity contribution is 7.98. The summed E-state index contributed by atoms with van der Waals surface area (Å²) in [6.45, 7) is 7.63. The van der Waals surface area contributed by atoms with Crippen molar-refractivity contribution in [3.63, 3.8) is 0 Å². The molecule has 0 aliphatic rings. The SMILES string of the molecule is CCCNc1cc(N(CC)CCOC)nc(SC)n1. The van der Waals surface area contributed by atoms with Crippen LogP contribution in [0.25, 0.3) is 0 Å². The van der Waals surface area contributed by atoms with Crippen LogP contribution < -0.4 is 10.2 Å². The molecule has 1 aromatic heterocycles. The van der Waals surface area contributed by atoms with Gasteiger partial charge in [0.2, 0.25) is 0 Å². The Bertz CT molecular complexity index is 376. The van der Waals surface area contributed by atoms with Crippen molar-refractivity contribution in [1.29, 1.82) is 0 Å². The standard InChI is InChI=1S/C13H24N4OS/c1-5-7-14-11-10-12(16-13(15-11)19-4)17(6-2)8-9-18-3/h10H,5-9H2,1-4H3,(H,14,15,16). The zero-order valence-electron chi connectivity index (χ0n) is 12.3. The maximum atomic E-state index is 5.14. The number of aromatic nitrogens is 2. The highest BCUT2D eigenvalue weighted by atomic mass is 32.2. The highest BCUT2D eigenvalue weighted by Crippen LogP contribution is 2.20. The molecule has 0 fully saturated rings. The molecule has 0 amide bonds. The first kappa shape index (κ1) is 16.0. The Morgan fingerprint density at radius 2 is 2.16 bits per heavy atom. The lowest BCUT2D eigenvalue weighted by Gasteiger charge is -2.22. The van der Waals surface area contributed by atoms with Crippen molar-refractivity contribution in [1.82, 2.24) is 9.97 Å². The van der Waals surface area contributed by atoms with Crippen LogP contribution in [0, 0.1) is 0 Å². The molecule has 108 valence electrons. The van der Waals surface area contributed by atoms with Crippen molar-refractivity contribution in [3.8, 4) is 0 Å². The summed E-state index contributed by atoms with van der Waals surface area (Å²) in [5.41, 5.74) is 0. The van der Waals surface area contributed by atoms with Crippen LogP contribution in [-0.4, -0.2) is 49.6 Å². The number of anilines is 2. The van der Waals surface area contributed by atoms with Crippen molar-refractivity contribution in [2.75, 3.05) is 49.8 Å². The number of hydrogen-bond donors (Lipinski definition) is 1. The van der Waals surface area contributed by atoms with Crippen molar-refractivity contribution in [2.45, 2.75) is 25.4 Å². The van der Waals surface area contributed by atoms with Gasteiger partial charge in [-0.15, -0.1) is 0 Å². The number of likely N-dealkylation sites (N-methyl/N-ethyl adjacent to an activating group) is 1. The Hall–Kier alpha value is -1.01. The number of nitrogens with zero attached hydrogens (tertiary/aromatic N) is 3. The van der Waals surface area contributed by atoms with E-state index in [1.807, 2.05) is 12.3 Å². The third-order valence-electron chi connectivity index (χ3n) is 2.70. The van der Waals surface area contributed by atoms with Crippen LogP contribution in [0.4, 0.5) is 11.6 Å². The first-order valence-corrected chi connectivity index (χ1v) is 7.88. The van der Waals surface area contributed by atoms with Gasteiger partial charge in [-0.2, -0.15) is 0 Å². The van der Waals surface area contributed by atoms with E-state index in [0.29, 0.717) is 6.61 Å². The lowest BCUT2D eigenvalue weighted by molar-refractivity contribution is 0.205. The van der Waals surface area contributed by atoms with E-state index in [2.05, 4.69) is 34.0 Å². The Labute approximate surface area is 120 Å². The van der Waals surface area contributed by atoms with Gasteiger partial charge < -0.3 is 15.0 Å². The summed E-state index contributed by atoms with van der Waals surface area (Å²) in [5.74, 6) is 1.85. The normalized spacial score (nSPS) is 10.5. The third-order valence-corrected chi connectivity index (χ3v) is 3.25. The van der Waals surface area contributed by atoms with Gasteiger partial charge in [0, 0.05) is 32.8 Å². The van der Waals surface area contributed by atoms with Crippen molar-refractivity contribution in [3.05, 3.63) is 6.07 Å². The average molecular weight is 284 g/mol. The summed E-state index contributed by atoms with van der Waals surface area (Å²) >= 11 is 1.56. The second kappa shape index (κ2) is 8.98. The molecule has 19 heavy (non-hydrogen) atoms. The van der Waals surface area contributed by atoms with E-state index in [0.717, 1.165) is 42.8 Å². The fraction of sp³-hybridized carbons (Fsp3) is 0.692. The molecule has 1 heterocycles. The number of methoxy groups -OCH3 is 1. The number of thioether (sulfide) groups is 1. The van der Waals surface area contributed by atoms with Gasteiger partial charge in [0.15, 0.2) is 5.16 Å². The molecule has 0 saturated carbocycles. The van der Waals surface area contributed by atoms with Crippen molar-refractivity contribution < 1.29 is 4.74 Å². The Balaban J connectivity index is 2.89. The predicted molar refractivity (Wildman–Crippen MR) is 82.4 cm³/mol. The molecule has 0 saturated heterocycles. The molecular weight excluding hydrogens is 260 g/mol. The van der Waals surface area contributed by atoms with Crippen LogP contribution in [0.5, 0.6) is 0 Å². The lowest BCUT2D eigenvalue weighted by atomic mass is 10.4. The molecule has 0 aromatic carbocycles. The van der Waals surface area contributed by atoms with E-state index >= 15 is 0 Å². The van der Waals surface area contributed by atoms with Gasteiger partial charge in [-0.05, 0) is 19.6 Å². The molecule has 5 nitrogen and oxygen atoms in total. The Kier molecular flexibility index (Phi) is 7.59. The molecule has 0 aliphatic heterocycles. The van der Waals surface area contributed by atoms with E-state index in [1.165, 1.54) is 0 Å². The fourth-order valence-corrected chi connectivity index (χ4v) is 2.02. The highest BCUT2D eigenvalue weighted by Gasteiger charge is 2.09. The van der Waals surface area contributed by atoms with Crippen LogP contribution in [0.1, 0.15) is 20.3 Å². The second-order valence-corrected chi connectivity index (χ2v) is 4.87. The van der Waals surface area contributed by atoms with Crippen LogP contribution in [-0.2, 0) is 4.74 Å². The number of rotatable bonds is 9. The van der Waals surface area contributed by atoms with Gasteiger partial charge in [0.05, 0.1) is 6.61 Å². The molecule has 1 N–H and O–H groups in total. The molecular formula is C13H24N4OS. The number of ether oxygens (including phenoxy) is 1. The zero-order chi connectivity index (χ0) is 14.1. The Morgan fingerprint density at radius 1 is 1.37 bits per heavy atom. The minimum Gasteiger partial charge on any atom is -0.383 e.